The molecule has 9 heteroatoms. The van der Waals surface area contributed by atoms with Crippen LogP contribution in [0.1, 0.15) is 55.1 Å². The second kappa shape index (κ2) is 9.46. The van der Waals surface area contributed by atoms with Crippen molar-refractivity contribution in [2.45, 2.75) is 52.0 Å². The van der Waals surface area contributed by atoms with Crippen LogP contribution in [0.4, 0.5) is 0 Å². The first-order chi connectivity index (χ1) is 17.9. The maximum Gasteiger partial charge on any atom is 0.219 e. The summed E-state index contributed by atoms with van der Waals surface area (Å²) in [6.45, 7) is 6.43. The van der Waals surface area contributed by atoms with E-state index in [9.17, 15) is 0 Å². The van der Waals surface area contributed by atoms with Crippen LogP contribution in [-0.2, 0) is 25.4 Å². The van der Waals surface area contributed by atoms with E-state index < -0.39 is 0 Å². The summed E-state index contributed by atoms with van der Waals surface area (Å²) in [5, 5.41) is 15.4. The lowest BCUT2D eigenvalue weighted by Crippen LogP contribution is -2.32. The minimum Gasteiger partial charge on any atom is -0.473 e. The van der Waals surface area contributed by atoms with E-state index in [2.05, 4.69) is 64.1 Å². The van der Waals surface area contributed by atoms with Crippen LogP contribution < -0.4 is 4.74 Å². The first-order valence-corrected chi connectivity index (χ1v) is 13.1. The maximum atomic E-state index is 6.45. The molecule has 2 aliphatic heterocycles. The SMILES string of the molecule is Cc1nn(C)c2c1/C=C/c1nn(C3CCCCO3)c3ccc(cc13)-c1cnn(C)c1CN(C)CC(C)O2. The zero-order chi connectivity index (χ0) is 25.7. The van der Waals surface area contributed by atoms with Gasteiger partial charge in [0.1, 0.15) is 6.10 Å². The number of fused-ring (bicyclic) bond motifs is 4. The highest BCUT2D eigenvalue weighted by Crippen LogP contribution is 2.34. The molecule has 0 aliphatic carbocycles. The van der Waals surface area contributed by atoms with Gasteiger partial charge in [-0.15, -0.1) is 0 Å². The molecule has 2 atom stereocenters. The smallest absolute Gasteiger partial charge is 0.219 e. The lowest BCUT2D eigenvalue weighted by Gasteiger charge is -2.23. The molecule has 0 spiro atoms. The number of nitrogens with zero attached hydrogens (tertiary/aromatic N) is 7. The van der Waals surface area contributed by atoms with Gasteiger partial charge < -0.3 is 9.47 Å². The minimum atomic E-state index is -0.0441. The van der Waals surface area contributed by atoms with Gasteiger partial charge in [0.05, 0.1) is 34.4 Å². The van der Waals surface area contributed by atoms with Crippen molar-refractivity contribution >= 4 is 23.1 Å². The molecule has 2 unspecified atom stereocenters. The molecular formula is C28H35N7O2. The van der Waals surface area contributed by atoms with Gasteiger partial charge in [-0.3, -0.25) is 9.58 Å². The van der Waals surface area contributed by atoms with Crippen molar-refractivity contribution in [2.75, 3.05) is 20.2 Å². The van der Waals surface area contributed by atoms with E-state index in [0.29, 0.717) is 0 Å². The molecule has 6 rings (SSSR count). The van der Waals surface area contributed by atoms with Gasteiger partial charge in [0.15, 0.2) is 6.23 Å². The third-order valence-electron chi connectivity index (χ3n) is 7.46. The molecule has 194 valence electrons. The molecule has 2 bridgehead atoms. The molecule has 2 aliphatic rings. The lowest BCUT2D eigenvalue weighted by molar-refractivity contribution is -0.0367. The van der Waals surface area contributed by atoms with E-state index in [1.54, 1.807) is 0 Å². The topological polar surface area (TPSA) is 75.2 Å². The van der Waals surface area contributed by atoms with Gasteiger partial charge in [0, 0.05) is 44.7 Å². The van der Waals surface area contributed by atoms with E-state index in [1.165, 1.54) is 5.69 Å². The molecule has 3 aromatic heterocycles. The summed E-state index contributed by atoms with van der Waals surface area (Å²) in [4.78, 5) is 2.28. The molecule has 4 aromatic rings. The van der Waals surface area contributed by atoms with Gasteiger partial charge >= 0.3 is 0 Å². The van der Waals surface area contributed by atoms with Crippen LogP contribution in [-0.4, -0.2) is 60.5 Å². The van der Waals surface area contributed by atoms with Gasteiger partial charge in [0.2, 0.25) is 5.88 Å². The average Bonchev–Trinajstić information content (AvgIpc) is 3.51. The molecule has 1 saturated heterocycles. The first kappa shape index (κ1) is 23.9. The van der Waals surface area contributed by atoms with Crippen LogP contribution in [0.3, 0.4) is 0 Å². The normalized spacial score (nSPS) is 21.8. The molecule has 1 fully saturated rings. The van der Waals surface area contributed by atoms with Gasteiger partial charge in [-0.05, 0) is 70.0 Å². The van der Waals surface area contributed by atoms with E-state index in [0.717, 1.165) is 83.8 Å². The molecule has 37 heavy (non-hydrogen) atoms. The van der Waals surface area contributed by atoms with Gasteiger partial charge in [-0.1, -0.05) is 6.07 Å². The van der Waals surface area contributed by atoms with E-state index in [4.69, 9.17) is 14.6 Å². The van der Waals surface area contributed by atoms with Crippen molar-refractivity contribution in [2.24, 2.45) is 14.1 Å². The number of likely N-dealkylation sites (N-methyl/N-ethyl adjacent to an activating group) is 1. The van der Waals surface area contributed by atoms with Crippen LogP contribution in [0.5, 0.6) is 5.88 Å². The van der Waals surface area contributed by atoms with Crippen molar-refractivity contribution in [3.05, 3.63) is 47.0 Å². The monoisotopic (exact) mass is 501 g/mol. The summed E-state index contributed by atoms with van der Waals surface area (Å²) >= 11 is 0. The first-order valence-electron chi connectivity index (χ1n) is 13.1. The Balaban J connectivity index is 1.55. The van der Waals surface area contributed by atoms with Crippen molar-refractivity contribution in [1.82, 2.24) is 34.2 Å². The number of aryl methyl sites for hydroxylation is 3. The van der Waals surface area contributed by atoms with Crippen LogP contribution >= 0.6 is 0 Å². The Morgan fingerprint density at radius 2 is 1.89 bits per heavy atom. The Morgan fingerprint density at radius 1 is 1.03 bits per heavy atom. The number of benzene rings is 1. The summed E-state index contributed by atoms with van der Waals surface area (Å²) < 4.78 is 18.5. The van der Waals surface area contributed by atoms with Crippen LogP contribution in [0.25, 0.3) is 34.2 Å². The van der Waals surface area contributed by atoms with Crippen LogP contribution in [0.15, 0.2) is 24.4 Å². The molecule has 0 amide bonds. The van der Waals surface area contributed by atoms with Crippen molar-refractivity contribution in [1.29, 1.82) is 0 Å². The van der Waals surface area contributed by atoms with Crippen molar-refractivity contribution < 1.29 is 9.47 Å². The molecule has 5 heterocycles. The molecule has 9 nitrogen and oxygen atoms in total. The average molecular weight is 502 g/mol. The number of aromatic nitrogens is 6. The summed E-state index contributed by atoms with van der Waals surface area (Å²) in [7, 11) is 6.07. The van der Waals surface area contributed by atoms with Gasteiger partial charge in [0.25, 0.3) is 0 Å². The maximum absolute atomic E-state index is 6.45. The Labute approximate surface area is 217 Å². The van der Waals surface area contributed by atoms with E-state index in [-0.39, 0.29) is 12.3 Å². The summed E-state index contributed by atoms with van der Waals surface area (Å²) in [6, 6.07) is 6.61. The molecule has 1 aromatic carbocycles. The fourth-order valence-electron chi connectivity index (χ4n) is 5.62. The Kier molecular flexibility index (Phi) is 6.12. The Hall–Kier alpha value is -3.43. The quantitative estimate of drug-likeness (QED) is 0.381. The van der Waals surface area contributed by atoms with Crippen LogP contribution in [0.2, 0.25) is 0 Å². The second-order valence-electron chi connectivity index (χ2n) is 10.4. The molecular weight excluding hydrogens is 466 g/mol. The summed E-state index contributed by atoms with van der Waals surface area (Å²) in [6.07, 6.45) is 9.30. The number of hydrogen-bond donors (Lipinski definition) is 0. The number of ether oxygens (including phenoxy) is 2. The molecule has 0 saturated carbocycles. The third kappa shape index (κ3) is 4.36. The largest absolute Gasteiger partial charge is 0.473 e. The summed E-state index contributed by atoms with van der Waals surface area (Å²) in [5.74, 6) is 0.769. The number of rotatable bonds is 1. The van der Waals surface area contributed by atoms with Crippen LogP contribution in [0, 0.1) is 6.92 Å². The van der Waals surface area contributed by atoms with Gasteiger partial charge in [-0.25, -0.2) is 9.36 Å². The van der Waals surface area contributed by atoms with Crippen molar-refractivity contribution in [3.8, 4) is 17.0 Å². The summed E-state index contributed by atoms with van der Waals surface area (Å²) in [5.41, 5.74) is 7.34. The highest BCUT2D eigenvalue weighted by molar-refractivity contribution is 5.93. The standard InChI is InChI=1S/C28H35N7O2/c1-18-16-32(3)17-26-23(15-29-33(26)4)20-9-12-25-22(14-20)24(31-35(25)27-8-6-7-13-36-27)11-10-21-19(2)30-34(5)28(21)37-18/h9-12,14-15,18,27H,6-8,13,16-17H2,1-5H3/b11-10+. The Morgan fingerprint density at radius 3 is 2.70 bits per heavy atom. The predicted octanol–water partition coefficient (Wildman–Crippen LogP) is 4.56. The number of hydrogen-bond acceptors (Lipinski definition) is 6. The second-order valence-corrected chi connectivity index (χ2v) is 10.4. The highest BCUT2D eigenvalue weighted by atomic mass is 16.5. The highest BCUT2D eigenvalue weighted by Gasteiger charge is 2.23. The fraction of sp³-hybridized carbons (Fsp3) is 0.464. The molecule has 0 N–H and O–H groups in total. The lowest BCUT2D eigenvalue weighted by atomic mass is 10.0. The molecule has 0 radical (unpaired) electrons. The van der Waals surface area contributed by atoms with Crippen molar-refractivity contribution in [3.63, 3.8) is 0 Å². The fourth-order valence-corrected chi connectivity index (χ4v) is 5.62. The van der Waals surface area contributed by atoms with E-state index in [1.807, 2.05) is 36.6 Å². The Bertz CT molecular complexity index is 1470. The predicted molar refractivity (Wildman–Crippen MR) is 144 cm³/mol. The van der Waals surface area contributed by atoms with E-state index >= 15 is 0 Å². The zero-order valence-electron chi connectivity index (χ0n) is 22.3. The third-order valence-corrected chi connectivity index (χ3v) is 7.46. The minimum absolute atomic E-state index is 0.0239. The van der Waals surface area contributed by atoms with Gasteiger partial charge in [-0.2, -0.15) is 15.3 Å². The zero-order valence-corrected chi connectivity index (χ0v) is 22.3.